The Morgan fingerprint density at radius 1 is 1.03 bits per heavy atom. The summed E-state index contributed by atoms with van der Waals surface area (Å²) in [6, 6.07) is 17.4. The Kier molecular flexibility index (Phi) is 5.22. The molecule has 0 unspecified atom stereocenters. The summed E-state index contributed by atoms with van der Waals surface area (Å²) in [5, 5.41) is 19.7. The van der Waals surface area contributed by atoms with Crippen LogP contribution in [0.1, 0.15) is 11.4 Å². The van der Waals surface area contributed by atoms with E-state index >= 15 is 0 Å². The molecule has 8 nitrogen and oxygen atoms in total. The lowest BCUT2D eigenvalue weighted by atomic mass is 10.2. The molecule has 1 N–H and O–H groups in total. The van der Waals surface area contributed by atoms with Crippen LogP contribution in [0.25, 0.3) is 17.1 Å². The fourth-order valence-electron chi connectivity index (χ4n) is 2.98. The van der Waals surface area contributed by atoms with E-state index in [1.807, 2.05) is 73.1 Å². The second kappa shape index (κ2) is 7.96. The summed E-state index contributed by atoms with van der Waals surface area (Å²) in [7, 11) is 0. The van der Waals surface area contributed by atoms with Gasteiger partial charge in [0.15, 0.2) is 0 Å². The number of carbonyl (C=O) groups is 1. The molecule has 2 aromatic carbocycles. The number of para-hydroxylation sites is 1. The average molecular weight is 452 g/mol. The van der Waals surface area contributed by atoms with Gasteiger partial charge in [0.1, 0.15) is 6.54 Å². The summed E-state index contributed by atoms with van der Waals surface area (Å²) in [6.45, 7) is 3.74. The molecule has 4 aromatic rings. The molecule has 0 radical (unpaired) electrons. The third kappa shape index (κ3) is 4.09. The van der Waals surface area contributed by atoms with E-state index in [0.29, 0.717) is 11.5 Å². The zero-order valence-corrected chi connectivity index (χ0v) is 17.5. The van der Waals surface area contributed by atoms with E-state index in [9.17, 15) is 4.79 Å². The number of nitrogens with zero attached hydrogens (tertiary/aromatic N) is 6. The van der Waals surface area contributed by atoms with Gasteiger partial charge in [-0.05, 0) is 55.5 Å². The topological polar surface area (TPSA) is 90.5 Å². The number of aryl methyl sites for hydroxylation is 1. The van der Waals surface area contributed by atoms with Crippen molar-refractivity contribution < 1.29 is 4.79 Å². The first-order valence-corrected chi connectivity index (χ1v) is 9.76. The maximum absolute atomic E-state index is 12.5. The molecule has 0 saturated heterocycles. The molecule has 0 bridgehead atoms. The molecule has 0 spiro atoms. The van der Waals surface area contributed by atoms with E-state index in [4.69, 9.17) is 0 Å². The van der Waals surface area contributed by atoms with E-state index in [-0.39, 0.29) is 12.5 Å². The van der Waals surface area contributed by atoms with Gasteiger partial charge in [-0.2, -0.15) is 9.90 Å². The molecule has 29 heavy (non-hydrogen) atoms. The molecule has 2 heterocycles. The van der Waals surface area contributed by atoms with Crippen molar-refractivity contribution >= 4 is 27.5 Å². The average Bonchev–Trinajstić information content (AvgIpc) is 3.29. The number of aromatic nitrogens is 6. The highest BCUT2D eigenvalue weighted by molar-refractivity contribution is 9.10. The van der Waals surface area contributed by atoms with Gasteiger partial charge < -0.3 is 5.32 Å². The van der Waals surface area contributed by atoms with E-state index in [2.05, 4.69) is 41.8 Å². The summed E-state index contributed by atoms with van der Waals surface area (Å²) in [5.41, 5.74) is 4.04. The lowest BCUT2D eigenvalue weighted by Gasteiger charge is -2.06. The Morgan fingerprint density at radius 2 is 1.76 bits per heavy atom. The van der Waals surface area contributed by atoms with Gasteiger partial charge in [0.2, 0.25) is 11.7 Å². The van der Waals surface area contributed by atoms with Gasteiger partial charge in [-0.1, -0.05) is 34.1 Å². The fourth-order valence-corrected chi connectivity index (χ4v) is 3.24. The molecule has 0 aliphatic carbocycles. The maximum atomic E-state index is 12.5. The Balaban J connectivity index is 1.48. The number of halogens is 1. The molecular formula is C20H18BrN7O. The number of hydrogen-bond donors (Lipinski definition) is 1. The number of benzene rings is 2. The minimum atomic E-state index is -0.247. The fraction of sp³-hybridized carbons (Fsp3) is 0.150. The Morgan fingerprint density at radius 3 is 2.48 bits per heavy atom. The van der Waals surface area contributed by atoms with E-state index < -0.39 is 0 Å². The van der Waals surface area contributed by atoms with Gasteiger partial charge in [0.05, 0.1) is 22.8 Å². The largest absolute Gasteiger partial charge is 0.321 e. The SMILES string of the molecule is Cc1nn(-c2ccccc2)c(C)c1NC(=O)Cn1nnc(-c2ccc(Br)cc2)n1. The Bertz CT molecular complexity index is 1150. The maximum Gasteiger partial charge on any atom is 0.248 e. The third-order valence-corrected chi connectivity index (χ3v) is 4.93. The molecule has 0 aliphatic heterocycles. The summed E-state index contributed by atoms with van der Waals surface area (Å²) in [5.74, 6) is 0.220. The second-order valence-electron chi connectivity index (χ2n) is 6.49. The second-order valence-corrected chi connectivity index (χ2v) is 7.41. The highest BCUT2D eigenvalue weighted by Gasteiger charge is 2.16. The van der Waals surface area contributed by atoms with Gasteiger partial charge >= 0.3 is 0 Å². The minimum Gasteiger partial charge on any atom is -0.321 e. The summed E-state index contributed by atoms with van der Waals surface area (Å²) < 4.78 is 2.78. The molecular weight excluding hydrogens is 434 g/mol. The molecule has 0 aliphatic rings. The van der Waals surface area contributed by atoms with E-state index in [1.165, 1.54) is 4.80 Å². The van der Waals surface area contributed by atoms with Crippen molar-refractivity contribution in [3.05, 3.63) is 70.5 Å². The van der Waals surface area contributed by atoms with Crippen LogP contribution in [0.4, 0.5) is 5.69 Å². The molecule has 146 valence electrons. The Labute approximate surface area is 175 Å². The van der Waals surface area contributed by atoms with Crippen molar-refractivity contribution in [2.45, 2.75) is 20.4 Å². The highest BCUT2D eigenvalue weighted by atomic mass is 79.9. The highest BCUT2D eigenvalue weighted by Crippen LogP contribution is 2.23. The van der Waals surface area contributed by atoms with Crippen molar-refractivity contribution in [3.63, 3.8) is 0 Å². The zero-order valence-electron chi connectivity index (χ0n) is 15.9. The first-order chi connectivity index (χ1) is 14.0. The molecule has 0 saturated carbocycles. The molecule has 0 fully saturated rings. The van der Waals surface area contributed by atoms with E-state index in [0.717, 1.165) is 27.1 Å². The molecule has 2 aromatic heterocycles. The first kappa shape index (κ1) is 19.0. The summed E-state index contributed by atoms with van der Waals surface area (Å²) in [6.07, 6.45) is 0. The summed E-state index contributed by atoms with van der Waals surface area (Å²) in [4.78, 5) is 13.8. The lowest BCUT2D eigenvalue weighted by Crippen LogP contribution is -2.21. The number of hydrogen-bond acceptors (Lipinski definition) is 5. The van der Waals surface area contributed by atoms with Gasteiger partial charge in [0.25, 0.3) is 0 Å². The standard InChI is InChI=1S/C20H18BrN7O/c1-13-19(14(2)28(24-13)17-6-4-3-5-7-17)22-18(29)12-27-25-20(23-26-27)15-8-10-16(21)11-9-15/h3-11H,12H2,1-2H3,(H,22,29). The molecule has 1 amide bonds. The van der Waals surface area contributed by atoms with Gasteiger partial charge in [-0.3, -0.25) is 4.79 Å². The first-order valence-electron chi connectivity index (χ1n) is 8.96. The number of anilines is 1. The van der Waals surface area contributed by atoms with Gasteiger partial charge in [-0.15, -0.1) is 10.2 Å². The number of nitrogens with one attached hydrogen (secondary N) is 1. The number of rotatable bonds is 5. The predicted octanol–water partition coefficient (Wildman–Crippen LogP) is 3.54. The minimum absolute atomic E-state index is 0.0427. The zero-order chi connectivity index (χ0) is 20.4. The van der Waals surface area contributed by atoms with Crippen LogP contribution in [0.2, 0.25) is 0 Å². The summed E-state index contributed by atoms with van der Waals surface area (Å²) >= 11 is 3.39. The van der Waals surface area contributed by atoms with Crippen LogP contribution in [-0.4, -0.2) is 35.9 Å². The van der Waals surface area contributed by atoms with Crippen molar-refractivity contribution in [2.24, 2.45) is 0 Å². The molecule has 0 atom stereocenters. The Hall–Kier alpha value is -3.33. The van der Waals surface area contributed by atoms with Crippen LogP contribution in [-0.2, 0) is 11.3 Å². The number of amides is 1. The number of carbonyl (C=O) groups excluding carboxylic acids is 1. The van der Waals surface area contributed by atoms with E-state index in [1.54, 1.807) is 0 Å². The van der Waals surface area contributed by atoms with Crippen molar-refractivity contribution in [1.82, 2.24) is 30.0 Å². The van der Waals surface area contributed by atoms with Crippen molar-refractivity contribution in [2.75, 3.05) is 5.32 Å². The monoisotopic (exact) mass is 451 g/mol. The predicted molar refractivity (Wildman–Crippen MR) is 113 cm³/mol. The van der Waals surface area contributed by atoms with Crippen molar-refractivity contribution in [3.8, 4) is 17.1 Å². The smallest absolute Gasteiger partial charge is 0.248 e. The third-order valence-electron chi connectivity index (χ3n) is 4.40. The molecule has 9 heteroatoms. The van der Waals surface area contributed by atoms with Crippen molar-refractivity contribution in [1.29, 1.82) is 0 Å². The molecule has 4 rings (SSSR count). The van der Waals surface area contributed by atoms with Crippen LogP contribution >= 0.6 is 15.9 Å². The normalized spacial score (nSPS) is 10.9. The van der Waals surface area contributed by atoms with Crippen LogP contribution in [0.15, 0.2) is 59.1 Å². The van der Waals surface area contributed by atoms with Gasteiger partial charge in [0, 0.05) is 10.0 Å². The number of tetrazole rings is 1. The van der Waals surface area contributed by atoms with Crippen LogP contribution in [0, 0.1) is 13.8 Å². The van der Waals surface area contributed by atoms with Crippen LogP contribution in [0.3, 0.4) is 0 Å². The van der Waals surface area contributed by atoms with Gasteiger partial charge in [-0.25, -0.2) is 4.68 Å². The van der Waals surface area contributed by atoms with Crippen LogP contribution < -0.4 is 5.32 Å². The van der Waals surface area contributed by atoms with Crippen LogP contribution in [0.5, 0.6) is 0 Å². The lowest BCUT2D eigenvalue weighted by molar-refractivity contribution is -0.117. The quantitative estimate of drug-likeness (QED) is 0.500.